The minimum atomic E-state index is -1.96. The summed E-state index contributed by atoms with van der Waals surface area (Å²) in [5, 5.41) is 37.9. The van der Waals surface area contributed by atoms with Crippen molar-refractivity contribution in [3.05, 3.63) is 68.8 Å². The molecule has 0 heterocycles. The molecule has 136 valence electrons. The van der Waals surface area contributed by atoms with Gasteiger partial charge in [-0.3, -0.25) is 4.79 Å². The highest BCUT2D eigenvalue weighted by atomic mass is 16.4. The summed E-state index contributed by atoms with van der Waals surface area (Å²) in [7, 11) is 0. The summed E-state index contributed by atoms with van der Waals surface area (Å²) < 4.78 is 0. The van der Waals surface area contributed by atoms with E-state index in [1.165, 1.54) is 18.2 Å². The van der Waals surface area contributed by atoms with E-state index in [0.717, 1.165) is 0 Å². The fourth-order valence-electron chi connectivity index (χ4n) is 3.33. The molecule has 27 heavy (non-hydrogen) atoms. The van der Waals surface area contributed by atoms with Gasteiger partial charge in [0.25, 0.3) is 0 Å². The van der Waals surface area contributed by atoms with Crippen molar-refractivity contribution in [2.45, 2.75) is 6.42 Å². The van der Waals surface area contributed by atoms with Gasteiger partial charge in [0, 0.05) is 11.1 Å². The van der Waals surface area contributed by atoms with Crippen LogP contribution in [0.4, 0.5) is 0 Å². The molecule has 9 heteroatoms. The molecular formula is C18H10O9. The third-order valence-electron chi connectivity index (χ3n) is 4.32. The number of carbonyl (C=O) groups is 5. The quantitative estimate of drug-likeness (QED) is 0.533. The van der Waals surface area contributed by atoms with E-state index in [2.05, 4.69) is 0 Å². The summed E-state index contributed by atoms with van der Waals surface area (Å²) in [5.74, 6) is -8.35. The summed E-state index contributed by atoms with van der Waals surface area (Å²) in [5.41, 5.74) is -4.79. The topological polar surface area (TPSA) is 166 Å². The number of hydrogen-bond acceptors (Lipinski definition) is 5. The van der Waals surface area contributed by atoms with Gasteiger partial charge in [0.05, 0.1) is 22.3 Å². The lowest BCUT2D eigenvalue weighted by Gasteiger charge is -2.24. The minimum Gasteiger partial charge on any atom is -0.478 e. The molecule has 0 saturated heterocycles. The highest BCUT2D eigenvalue weighted by Gasteiger charge is 2.40. The van der Waals surface area contributed by atoms with Gasteiger partial charge in [-0.2, -0.15) is 0 Å². The lowest BCUT2D eigenvalue weighted by molar-refractivity contribution is 0.0617. The molecule has 2 aromatic rings. The van der Waals surface area contributed by atoms with Crippen LogP contribution in [0, 0.1) is 0 Å². The van der Waals surface area contributed by atoms with Gasteiger partial charge in [-0.1, -0.05) is 24.3 Å². The Morgan fingerprint density at radius 3 is 1.70 bits per heavy atom. The first-order valence-corrected chi connectivity index (χ1v) is 7.45. The number of carboxylic acids is 4. The predicted octanol–water partition coefficient (Wildman–Crippen LogP) is 1.61. The predicted molar refractivity (Wildman–Crippen MR) is 87.0 cm³/mol. The lowest BCUT2D eigenvalue weighted by atomic mass is 9.76. The Kier molecular flexibility index (Phi) is 3.99. The Hall–Kier alpha value is -4.01. The van der Waals surface area contributed by atoms with Gasteiger partial charge < -0.3 is 20.4 Å². The molecule has 0 radical (unpaired) electrons. The monoisotopic (exact) mass is 370 g/mol. The first kappa shape index (κ1) is 17.8. The fraction of sp³-hybridized carbons (Fsp3) is 0.0556. The van der Waals surface area contributed by atoms with Gasteiger partial charge >= 0.3 is 23.9 Å². The first-order valence-electron chi connectivity index (χ1n) is 7.45. The molecule has 0 atom stereocenters. The zero-order valence-electron chi connectivity index (χ0n) is 13.3. The van der Waals surface area contributed by atoms with E-state index in [1.54, 1.807) is 6.07 Å². The number of ketones is 1. The molecule has 1 aliphatic rings. The Morgan fingerprint density at radius 1 is 0.704 bits per heavy atom. The summed E-state index contributed by atoms with van der Waals surface area (Å²) >= 11 is 0. The van der Waals surface area contributed by atoms with Crippen molar-refractivity contribution >= 4 is 29.7 Å². The molecule has 2 aromatic carbocycles. The van der Waals surface area contributed by atoms with Crippen molar-refractivity contribution in [1.29, 1.82) is 0 Å². The van der Waals surface area contributed by atoms with E-state index in [9.17, 15) is 44.4 Å². The summed E-state index contributed by atoms with van der Waals surface area (Å²) in [6.07, 6.45) is -0.223. The van der Waals surface area contributed by atoms with E-state index >= 15 is 0 Å². The first-order chi connectivity index (χ1) is 12.7. The van der Waals surface area contributed by atoms with Crippen molar-refractivity contribution in [2.75, 3.05) is 0 Å². The van der Waals surface area contributed by atoms with Gasteiger partial charge in [0.1, 0.15) is 0 Å². The van der Waals surface area contributed by atoms with Crippen LogP contribution in [0.5, 0.6) is 0 Å². The maximum atomic E-state index is 12.9. The van der Waals surface area contributed by atoms with Crippen molar-refractivity contribution in [2.24, 2.45) is 0 Å². The fourth-order valence-corrected chi connectivity index (χ4v) is 3.33. The van der Waals surface area contributed by atoms with Crippen molar-refractivity contribution in [3.63, 3.8) is 0 Å². The van der Waals surface area contributed by atoms with Crippen LogP contribution in [0.1, 0.15) is 68.5 Å². The van der Waals surface area contributed by atoms with E-state index < -0.39 is 57.5 Å². The van der Waals surface area contributed by atoms with Gasteiger partial charge in [-0.25, -0.2) is 19.2 Å². The lowest BCUT2D eigenvalue weighted by Crippen LogP contribution is -2.29. The van der Waals surface area contributed by atoms with Crippen LogP contribution in [0.25, 0.3) is 0 Å². The maximum Gasteiger partial charge on any atom is 0.337 e. The molecule has 9 nitrogen and oxygen atoms in total. The molecule has 0 amide bonds. The van der Waals surface area contributed by atoms with Crippen LogP contribution in [-0.2, 0) is 6.42 Å². The highest BCUT2D eigenvalue weighted by molar-refractivity contribution is 6.24. The highest BCUT2D eigenvalue weighted by Crippen LogP contribution is 2.36. The molecule has 0 fully saturated rings. The number of carboxylic acid groups (broad SMARTS) is 4. The van der Waals surface area contributed by atoms with Gasteiger partial charge in [-0.05, 0) is 17.5 Å². The molecule has 0 aromatic heterocycles. The molecule has 0 unspecified atom stereocenters. The van der Waals surface area contributed by atoms with Crippen molar-refractivity contribution in [1.82, 2.24) is 0 Å². The molecular weight excluding hydrogens is 360 g/mol. The second kappa shape index (κ2) is 6.06. The molecule has 4 N–H and O–H groups in total. The Bertz CT molecular complexity index is 1080. The van der Waals surface area contributed by atoms with Crippen LogP contribution >= 0.6 is 0 Å². The summed E-state index contributed by atoms with van der Waals surface area (Å²) in [4.78, 5) is 59.6. The number of benzene rings is 2. The number of fused-ring (bicyclic) bond motifs is 2. The normalized spacial score (nSPS) is 12.1. The van der Waals surface area contributed by atoms with Gasteiger partial charge in [0.2, 0.25) is 0 Å². The smallest absolute Gasteiger partial charge is 0.337 e. The third kappa shape index (κ3) is 2.53. The molecule has 0 aliphatic heterocycles. The van der Waals surface area contributed by atoms with Crippen LogP contribution in [0.2, 0.25) is 0 Å². The van der Waals surface area contributed by atoms with E-state index in [0.29, 0.717) is 5.56 Å². The third-order valence-corrected chi connectivity index (χ3v) is 4.32. The maximum absolute atomic E-state index is 12.9. The molecule has 3 rings (SSSR count). The molecule has 0 saturated carbocycles. The Labute approximate surface area is 150 Å². The van der Waals surface area contributed by atoms with Gasteiger partial charge in [-0.15, -0.1) is 0 Å². The second-order valence-electron chi connectivity index (χ2n) is 5.74. The zero-order valence-corrected chi connectivity index (χ0v) is 13.3. The standard InChI is InChI=1S/C18H10O9/c19-14-7-4-2-1-3-6(7)5-8-9(14)11(16(22)23)13(18(26)27)12(17(24)25)10(8)15(20)21/h1-4H,5H2,(H,20,21)(H,22,23)(H,24,25)(H,26,27). The summed E-state index contributed by atoms with van der Waals surface area (Å²) in [6.45, 7) is 0. The molecule has 1 aliphatic carbocycles. The number of rotatable bonds is 4. The molecule has 0 bridgehead atoms. The van der Waals surface area contributed by atoms with E-state index in [1.807, 2.05) is 0 Å². The minimum absolute atomic E-state index is 0.100. The number of aromatic carboxylic acids is 4. The van der Waals surface area contributed by atoms with Crippen LogP contribution in [0.3, 0.4) is 0 Å². The zero-order chi connectivity index (χ0) is 20.0. The average Bonchev–Trinajstić information content (AvgIpc) is 2.59. The van der Waals surface area contributed by atoms with E-state index in [4.69, 9.17) is 0 Å². The van der Waals surface area contributed by atoms with E-state index in [-0.39, 0.29) is 17.5 Å². The number of carbonyl (C=O) groups excluding carboxylic acids is 1. The number of hydrogen-bond donors (Lipinski definition) is 4. The summed E-state index contributed by atoms with van der Waals surface area (Å²) in [6, 6.07) is 6.02. The Balaban J connectivity index is 2.59. The van der Waals surface area contributed by atoms with Gasteiger partial charge in [0.15, 0.2) is 5.78 Å². The van der Waals surface area contributed by atoms with Crippen LogP contribution in [0.15, 0.2) is 24.3 Å². The SMILES string of the molecule is O=C(O)c1c2c(c(C(=O)O)c(C(=O)O)c1C(=O)O)C(=O)c1ccccc1C2. The van der Waals surface area contributed by atoms with Crippen molar-refractivity contribution in [3.8, 4) is 0 Å². The van der Waals surface area contributed by atoms with Crippen molar-refractivity contribution < 1.29 is 44.4 Å². The largest absolute Gasteiger partial charge is 0.478 e. The second-order valence-corrected chi connectivity index (χ2v) is 5.74. The molecule has 0 spiro atoms. The Morgan fingerprint density at radius 2 is 1.19 bits per heavy atom. The van der Waals surface area contributed by atoms with Crippen LogP contribution < -0.4 is 0 Å². The average molecular weight is 370 g/mol. The van der Waals surface area contributed by atoms with Crippen LogP contribution in [-0.4, -0.2) is 50.1 Å².